The molecule has 0 saturated carbocycles. The van der Waals surface area contributed by atoms with Gasteiger partial charge in [-0.2, -0.15) is 5.10 Å². The number of nitrogens with one attached hydrogen (secondary N) is 1. The quantitative estimate of drug-likeness (QED) is 0.849. The van der Waals surface area contributed by atoms with Crippen molar-refractivity contribution in [1.29, 1.82) is 0 Å². The van der Waals surface area contributed by atoms with E-state index in [1.54, 1.807) is 0 Å². The maximum Gasteiger partial charge on any atom is 0.0951 e. The van der Waals surface area contributed by atoms with Crippen LogP contribution in [-0.2, 0) is 19.6 Å². The zero-order chi connectivity index (χ0) is 13.0. The number of aromatic nitrogens is 2. The Hall–Kier alpha value is -0.580. The summed E-state index contributed by atoms with van der Waals surface area (Å²) in [6, 6.07) is 0.499. The highest BCUT2D eigenvalue weighted by Gasteiger charge is 2.17. The van der Waals surface area contributed by atoms with Crippen LogP contribution in [0.4, 0.5) is 0 Å². The van der Waals surface area contributed by atoms with Crippen molar-refractivity contribution in [2.45, 2.75) is 46.4 Å². The lowest BCUT2D eigenvalue weighted by Gasteiger charge is -2.21. The molecule has 98 valence electrons. The van der Waals surface area contributed by atoms with Crippen LogP contribution in [0.2, 0.25) is 5.02 Å². The summed E-state index contributed by atoms with van der Waals surface area (Å²) in [6.45, 7) is 8.84. The fraction of sp³-hybridized carbons (Fsp3) is 0.750. The molecule has 0 radical (unpaired) electrons. The molecule has 17 heavy (non-hydrogen) atoms. The van der Waals surface area contributed by atoms with Crippen molar-refractivity contribution in [2.75, 3.05) is 14.1 Å². The maximum absolute atomic E-state index is 6.39. The Kier molecular flexibility index (Phi) is 5.43. The van der Waals surface area contributed by atoms with Crippen LogP contribution < -0.4 is 5.32 Å². The Balaban J connectivity index is 2.96. The number of halogens is 1. The van der Waals surface area contributed by atoms with Crippen LogP contribution in [0.3, 0.4) is 0 Å². The summed E-state index contributed by atoms with van der Waals surface area (Å²) in [5.74, 6) is 0. The molecule has 0 bridgehead atoms. The summed E-state index contributed by atoms with van der Waals surface area (Å²) >= 11 is 6.39. The Morgan fingerprint density at radius 1 is 1.47 bits per heavy atom. The molecule has 0 amide bonds. The maximum atomic E-state index is 6.39. The molecular weight excluding hydrogens is 236 g/mol. The van der Waals surface area contributed by atoms with Crippen LogP contribution in [-0.4, -0.2) is 34.8 Å². The van der Waals surface area contributed by atoms with Crippen molar-refractivity contribution in [2.24, 2.45) is 0 Å². The summed E-state index contributed by atoms with van der Waals surface area (Å²) in [7, 11) is 4.01. The van der Waals surface area contributed by atoms with Gasteiger partial charge in [0.05, 0.1) is 16.4 Å². The summed E-state index contributed by atoms with van der Waals surface area (Å²) in [6.07, 6.45) is 0. The van der Waals surface area contributed by atoms with Crippen molar-refractivity contribution in [1.82, 2.24) is 20.0 Å². The van der Waals surface area contributed by atoms with Crippen molar-refractivity contribution < 1.29 is 0 Å². The average Bonchev–Trinajstić information content (AvgIpc) is 2.57. The van der Waals surface area contributed by atoms with E-state index in [1.807, 2.05) is 11.7 Å². The number of rotatable bonds is 6. The summed E-state index contributed by atoms with van der Waals surface area (Å²) in [5.41, 5.74) is 2.04. The van der Waals surface area contributed by atoms with Gasteiger partial charge in [0.1, 0.15) is 0 Å². The minimum Gasteiger partial charge on any atom is -0.314 e. The Morgan fingerprint density at radius 3 is 2.59 bits per heavy atom. The van der Waals surface area contributed by atoms with Crippen molar-refractivity contribution in [3.8, 4) is 0 Å². The molecule has 0 aromatic carbocycles. The lowest BCUT2D eigenvalue weighted by molar-refractivity contribution is 0.257. The fourth-order valence-electron chi connectivity index (χ4n) is 1.64. The molecule has 1 rings (SSSR count). The van der Waals surface area contributed by atoms with E-state index in [1.165, 1.54) is 0 Å². The first-order valence-corrected chi connectivity index (χ1v) is 6.47. The first-order valence-electron chi connectivity index (χ1n) is 6.10. The second kappa shape index (κ2) is 6.38. The van der Waals surface area contributed by atoms with E-state index in [0.717, 1.165) is 29.5 Å². The van der Waals surface area contributed by atoms with E-state index in [9.17, 15) is 0 Å². The van der Waals surface area contributed by atoms with Crippen molar-refractivity contribution >= 4 is 11.6 Å². The van der Waals surface area contributed by atoms with E-state index in [4.69, 9.17) is 11.6 Å². The monoisotopic (exact) mass is 258 g/mol. The third kappa shape index (κ3) is 3.44. The van der Waals surface area contributed by atoms with E-state index >= 15 is 0 Å². The predicted molar refractivity (Wildman–Crippen MR) is 72.3 cm³/mol. The average molecular weight is 259 g/mol. The van der Waals surface area contributed by atoms with Gasteiger partial charge in [-0.1, -0.05) is 11.6 Å². The zero-order valence-electron chi connectivity index (χ0n) is 11.4. The third-order valence-electron chi connectivity index (χ3n) is 2.98. The normalized spacial score (nSPS) is 11.8. The van der Waals surface area contributed by atoms with Crippen molar-refractivity contribution in [3.05, 3.63) is 16.4 Å². The van der Waals surface area contributed by atoms with Gasteiger partial charge in [0, 0.05) is 25.7 Å². The molecule has 5 heteroatoms. The molecule has 0 unspecified atom stereocenters. The second-order valence-corrected chi connectivity index (χ2v) is 4.94. The molecule has 0 saturated heterocycles. The van der Waals surface area contributed by atoms with Gasteiger partial charge >= 0.3 is 0 Å². The number of nitrogens with zero attached hydrogens (tertiary/aromatic N) is 3. The Morgan fingerprint density at radius 2 is 2.12 bits per heavy atom. The highest BCUT2D eigenvalue weighted by molar-refractivity contribution is 6.31. The van der Waals surface area contributed by atoms with Gasteiger partial charge in [-0.15, -0.1) is 0 Å². The third-order valence-corrected chi connectivity index (χ3v) is 3.42. The summed E-state index contributed by atoms with van der Waals surface area (Å²) in [4.78, 5) is 2.26. The Bertz CT molecular complexity index is 360. The Labute approximate surface area is 109 Å². The van der Waals surface area contributed by atoms with Crippen molar-refractivity contribution in [3.63, 3.8) is 0 Å². The molecule has 1 heterocycles. The van der Waals surface area contributed by atoms with E-state index in [2.05, 4.69) is 43.1 Å². The number of hydrogen-bond acceptors (Lipinski definition) is 3. The van der Waals surface area contributed by atoms with Gasteiger partial charge in [0.15, 0.2) is 0 Å². The molecule has 0 fully saturated rings. The van der Waals surface area contributed by atoms with Crippen LogP contribution in [0, 0.1) is 0 Å². The van der Waals surface area contributed by atoms with Gasteiger partial charge in [0.2, 0.25) is 0 Å². The molecule has 1 aromatic heterocycles. The molecule has 0 aliphatic carbocycles. The molecule has 0 aliphatic heterocycles. The minimum absolute atomic E-state index is 0.499. The molecule has 1 aromatic rings. The van der Waals surface area contributed by atoms with Crippen LogP contribution in [0.5, 0.6) is 0 Å². The summed E-state index contributed by atoms with van der Waals surface area (Å²) < 4.78 is 1.99. The van der Waals surface area contributed by atoms with Crippen LogP contribution >= 0.6 is 11.6 Å². The summed E-state index contributed by atoms with van der Waals surface area (Å²) in [5, 5.41) is 8.42. The SMILES string of the molecule is CCn1nc(CNC)c(Cl)c1CN(C)C(C)C. The van der Waals surface area contributed by atoms with Gasteiger partial charge in [0.25, 0.3) is 0 Å². The smallest absolute Gasteiger partial charge is 0.0951 e. The highest BCUT2D eigenvalue weighted by atomic mass is 35.5. The van der Waals surface area contributed by atoms with Gasteiger partial charge in [-0.25, -0.2) is 0 Å². The van der Waals surface area contributed by atoms with Crippen LogP contribution in [0.15, 0.2) is 0 Å². The molecular formula is C12H23ClN4. The predicted octanol–water partition coefficient (Wildman–Crippen LogP) is 2.12. The molecule has 0 aliphatic rings. The van der Waals surface area contributed by atoms with E-state index in [0.29, 0.717) is 12.6 Å². The number of hydrogen-bond donors (Lipinski definition) is 1. The molecule has 0 atom stereocenters. The molecule has 4 nitrogen and oxygen atoms in total. The van der Waals surface area contributed by atoms with E-state index in [-0.39, 0.29) is 0 Å². The first kappa shape index (κ1) is 14.5. The van der Waals surface area contributed by atoms with Gasteiger partial charge in [-0.3, -0.25) is 9.58 Å². The number of aryl methyl sites for hydroxylation is 1. The zero-order valence-corrected chi connectivity index (χ0v) is 12.2. The standard InChI is InChI=1S/C12H23ClN4/c1-6-17-11(8-16(5)9(2)3)12(13)10(15-17)7-14-4/h9,14H,6-8H2,1-5H3. The second-order valence-electron chi connectivity index (χ2n) is 4.56. The molecule has 0 spiro atoms. The molecule has 1 N–H and O–H groups in total. The lowest BCUT2D eigenvalue weighted by Crippen LogP contribution is -2.27. The topological polar surface area (TPSA) is 33.1 Å². The first-order chi connectivity index (χ1) is 8.01. The minimum atomic E-state index is 0.499. The van der Waals surface area contributed by atoms with Crippen LogP contribution in [0.25, 0.3) is 0 Å². The van der Waals surface area contributed by atoms with E-state index < -0.39 is 0 Å². The highest BCUT2D eigenvalue weighted by Crippen LogP contribution is 2.22. The fourth-order valence-corrected chi connectivity index (χ4v) is 1.90. The van der Waals surface area contributed by atoms with Gasteiger partial charge in [-0.05, 0) is 34.9 Å². The largest absolute Gasteiger partial charge is 0.314 e. The lowest BCUT2D eigenvalue weighted by atomic mass is 10.3. The van der Waals surface area contributed by atoms with Gasteiger partial charge < -0.3 is 5.32 Å². The van der Waals surface area contributed by atoms with Crippen LogP contribution in [0.1, 0.15) is 32.2 Å².